The van der Waals surface area contributed by atoms with Crippen molar-refractivity contribution in [3.63, 3.8) is 0 Å². The van der Waals surface area contributed by atoms with Gasteiger partial charge >= 0.3 is 12.0 Å². The molecule has 0 bridgehead atoms. The van der Waals surface area contributed by atoms with Crippen LogP contribution in [0.5, 0.6) is 0 Å². The normalized spacial score (nSPS) is 11.2. The number of methoxy groups -OCH3 is 1. The van der Waals surface area contributed by atoms with Crippen LogP contribution in [0.4, 0.5) is 4.79 Å². The second-order valence-electron chi connectivity index (χ2n) is 8.31. The number of rotatable bonds is 6. The monoisotopic (exact) mass is 414 g/mol. The lowest BCUT2D eigenvalue weighted by atomic mass is 10.0. The Balaban J connectivity index is 2.36. The fraction of sp³-hybridized carbons (Fsp3) is 0.455. The molecule has 0 spiro atoms. The maximum absolute atomic E-state index is 13.2. The maximum atomic E-state index is 13.2. The van der Waals surface area contributed by atoms with E-state index in [1.54, 1.807) is 43.9 Å². The van der Waals surface area contributed by atoms with Gasteiger partial charge in [0.15, 0.2) is 5.78 Å². The van der Waals surface area contributed by atoms with E-state index in [-0.39, 0.29) is 24.9 Å². The molecule has 1 N–H and O–H groups in total. The molecule has 2 rings (SSSR count). The molecular formula is C22H30N4O4. The van der Waals surface area contributed by atoms with Gasteiger partial charge in [0.25, 0.3) is 0 Å². The van der Waals surface area contributed by atoms with Gasteiger partial charge in [0, 0.05) is 42.8 Å². The number of nitrogens with one attached hydrogen (secondary N) is 1. The van der Waals surface area contributed by atoms with Crippen molar-refractivity contribution >= 4 is 17.8 Å². The Bertz CT molecular complexity index is 942. The standard InChI is InChI=1S/C22H30N4O4/c1-14-18(15(2)25(6)19(14)20(28)30-7)17(27)13-26(21(29)24-22(3,4)5)12-16-9-8-10-23-11-16/h8-11H,12-13H2,1-7H3,(H,24,29). The molecule has 0 atom stereocenters. The summed E-state index contributed by atoms with van der Waals surface area (Å²) < 4.78 is 6.49. The Morgan fingerprint density at radius 1 is 1.23 bits per heavy atom. The number of esters is 1. The summed E-state index contributed by atoms with van der Waals surface area (Å²) in [6.07, 6.45) is 3.31. The molecular weight excluding hydrogens is 384 g/mol. The van der Waals surface area contributed by atoms with Crippen molar-refractivity contribution in [1.29, 1.82) is 0 Å². The molecule has 2 amide bonds. The summed E-state index contributed by atoms with van der Waals surface area (Å²) in [5.41, 5.74) is 2.31. The molecule has 2 aromatic heterocycles. The highest BCUT2D eigenvalue weighted by Gasteiger charge is 2.28. The van der Waals surface area contributed by atoms with Crippen molar-refractivity contribution in [2.45, 2.75) is 46.7 Å². The molecule has 0 unspecified atom stereocenters. The van der Waals surface area contributed by atoms with Crippen LogP contribution in [0, 0.1) is 13.8 Å². The molecule has 0 aromatic carbocycles. The van der Waals surface area contributed by atoms with Crippen molar-refractivity contribution in [2.24, 2.45) is 7.05 Å². The van der Waals surface area contributed by atoms with Crippen molar-refractivity contribution in [3.05, 3.63) is 52.6 Å². The van der Waals surface area contributed by atoms with Gasteiger partial charge in [-0.3, -0.25) is 9.78 Å². The number of carbonyl (C=O) groups is 3. The Labute approximate surface area is 177 Å². The van der Waals surface area contributed by atoms with Crippen LogP contribution in [0.2, 0.25) is 0 Å². The van der Waals surface area contributed by atoms with Crippen LogP contribution >= 0.6 is 0 Å². The molecule has 8 heteroatoms. The second kappa shape index (κ2) is 9.11. The number of urea groups is 1. The molecule has 8 nitrogen and oxygen atoms in total. The number of nitrogens with zero attached hydrogens (tertiary/aromatic N) is 3. The lowest BCUT2D eigenvalue weighted by molar-refractivity contribution is 0.0588. The first-order chi connectivity index (χ1) is 14.0. The number of carbonyl (C=O) groups excluding carboxylic acids is 3. The molecule has 2 heterocycles. The molecule has 0 aliphatic carbocycles. The van der Waals surface area contributed by atoms with Gasteiger partial charge in [0.2, 0.25) is 0 Å². The highest BCUT2D eigenvalue weighted by molar-refractivity contribution is 6.04. The third kappa shape index (κ3) is 5.25. The minimum atomic E-state index is -0.505. The average Bonchev–Trinajstić information content (AvgIpc) is 2.88. The van der Waals surface area contributed by atoms with Crippen LogP contribution in [0.3, 0.4) is 0 Å². The lowest BCUT2D eigenvalue weighted by Crippen LogP contribution is -2.49. The van der Waals surface area contributed by atoms with Gasteiger partial charge in [-0.15, -0.1) is 0 Å². The Hall–Kier alpha value is -3.16. The van der Waals surface area contributed by atoms with E-state index >= 15 is 0 Å². The van der Waals surface area contributed by atoms with Crippen LogP contribution in [-0.2, 0) is 18.3 Å². The first kappa shape index (κ1) is 23.1. The van der Waals surface area contributed by atoms with Crippen LogP contribution < -0.4 is 5.32 Å². The highest BCUT2D eigenvalue weighted by atomic mass is 16.5. The number of hydrogen-bond donors (Lipinski definition) is 1. The van der Waals surface area contributed by atoms with Crippen molar-refractivity contribution in [2.75, 3.05) is 13.7 Å². The lowest BCUT2D eigenvalue weighted by Gasteiger charge is -2.28. The van der Waals surface area contributed by atoms with Gasteiger partial charge in [-0.25, -0.2) is 9.59 Å². The van der Waals surface area contributed by atoms with Crippen molar-refractivity contribution in [3.8, 4) is 0 Å². The number of amides is 2. The third-order valence-electron chi connectivity index (χ3n) is 4.79. The largest absolute Gasteiger partial charge is 0.464 e. The maximum Gasteiger partial charge on any atom is 0.354 e. The van der Waals surface area contributed by atoms with Gasteiger partial charge < -0.3 is 19.5 Å². The SMILES string of the molecule is COC(=O)c1c(C)c(C(=O)CN(Cc2cccnc2)C(=O)NC(C)(C)C)c(C)n1C. The first-order valence-corrected chi connectivity index (χ1v) is 9.69. The van der Waals surface area contributed by atoms with E-state index in [0.29, 0.717) is 22.5 Å². The Morgan fingerprint density at radius 2 is 1.90 bits per heavy atom. The quantitative estimate of drug-likeness (QED) is 0.579. The van der Waals surface area contributed by atoms with E-state index in [9.17, 15) is 14.4 Å². The number of Topliss-reactive ketones (excluding diaryl/α,β-unsaturated/α-hetero) is 1. The Morgan fingerprint density at radius 3 is 2.43 bits per heavy atom. The summed E-state index contributed by atoms with van der Waals surface area (Å²) >= 11 is 0. The zero-order valence-electron chi connectivity index (χ0n) is 18.7. The summed E-state index contributed by atoms with van der Waals surface area (Å²) in [4.78, 5) is 43.8. The van der Waals surface area contributed by atoms with E-state index in [1.165, 1.54) is 12.0 Å². The van der Waals surface area contributed by atoms with E-state index in [2.05, 4.69) is 10.3 Å². The number of ether oxygens (including phenoxy) is 1. The average molecular weight is 415 g/mol. The van der Waals surface area contributed by atoms with Gasteiger partial charge in [-0.2, -0.15) is 0 Å². The number of aromatic nitrogens is 2. The summed E-state index contributed by atoms with van der Waals surface area (Å²) in [5.74, 6) is -0.751. The smallest absolute Gasteiger partial charge is 0.354 e. The summed E-state index contributed by atoms with van der Waals surface area (Å²) in [5, 5.41) is 2.90. The molecule has 2 aromatic rings. The molecule has 0 aliphatic heterocycles. The van der Waals surface area contributed by atoms with E-state index in [1.807, 2.05) is 26.8 Å². The molecule has 0 radical (unpaired) electrons. The predicted octanol–water partition coefficient (Wildman–Crippen LogP) is 3.02. The predicted molar refractivity (Wildman–Crippen MR) is 113 cm³/mol. The molecule has 162 valence electrons. The van der Waals surface area contributed by atoms with Gasteiger partial charge in [0.1, 0.15) is 5.69 Å². The number of ketones is 1. The highest BCUT2D eigenvalue weighted by Crippen LogP contribution is 2.23. The zero-order chi connectivity index (χ0) is 22.6. The minimum absolute atomic E-state index is 0.136. The number of hydrogen-bond acceptors (Lipinski definition) is 5. The molecule has 0 aliphatic rings. The summed E-state index contributed by atoms with van der Waals surface area (Å²) in [6.45, 7) is 9.22. The second-order valence-corrected chi connectivity index (χ2v) is 8.31. The van der Waals surface area contributed by atoms with E-state index in [4.69, 9.17) is 4.74 Å². The van der Waals surface area contributed by atoms with Gasteiger partial charge in [-0.1, -0.05) is 6.07 Å². The van der Waals surface area contributed by atoms with Crippen LogP contribution in [0.25, 0.3) is 0 Å². The summed E-state index contributed by atoms with van der Waals surface area (Å²) in [7, 11) is 3.02. The third-order valence-corrected chi connectivity index (χ3v) is 4.79. The summed E-state index contributed by atoms with van der Waals surface area (Å²) in [6, 6.07) is 3.29. The fourth-order valence-electron chi connectivity index (χ4n) is 3.34. The zero-order valence-corrected chi connectivity index (χ0v) is 18.7. The molecule has 30 heavy (non-hydrogen) atoms. The van der Waals surface area contributed by atoms with Crippen LogP contribution in [0.1, 0.15) is 58.4 Å². The van der Waals surface area contributed by atoms with Gasteiger partial charge in [0.05, 0.1) is 13.7 Å². The number of pyridine rings is 1. The van der Waals surface area contributed by atoms with Crippen LogP contribution in [0.15, 0.2) is 24.5 Å². The molecule has 0 saturated carbocycles. The van der Waals surface area contributed by atoms with Crippen molar-refractivity contribution in [1.82, 2.24) is 19.8 Å². The Kier molecular flexibility index (Phi) is 7.02. The first-order valence-electron chi connectivity index (χ1n) is 9.69. The minimum Gasteiger partial charge on any atom is -0.464 e. The topological polar surface area (TPSA) is 93.5 Å². The van der Waals surface area contributed by atoms with E-state index in [0.717, 1.165) is 5.56 Å². The van der Waals surface area contributed by atoms with Gasteiger partial charge in [-0.05, 0) is 51.8 Å². The molecule has 0 saturated heterocycles. The fourth-order valence-corrected chi connectivity index (χ4v) is 3.34. The molecule has 0 fully saturated rings. The van der Waals surface area contributed by atoms with Crippen LogP contribution in [-0.4, -0.2) is 51.4 Å². The van der Waals surface area contributed by atoms with E-state index < -0.39 is 11.5 Å². The van der Waals surface area contributed by atoms with Crippen molar-refractivity contribution < 1.29 is 19.1 Å².